The van der Waals surface area contributed by atoms with Gasteiger partial charge in [-0.15, -0.1) is 0 Å². The zero-order valence-corrected chi connectivity index (χ0v) is 16.1. The number of ether oxygens (including phenoxy) is 2. The van der Waals surface area contributed by atoms with Crippen molar-refractivity contribution in [1.82, 2.24) is 0 Å². The van der Waals surface area contributed by atoms with Crippen LogP contribution in [0.5, 0.6) is 11.5 Å². The molecule has 5 rings (SSSR count). The Bertz CT molecular complexity index is 1160. The second-order valence-corrected chi connectivity index (χ2v) is 7.81. The molecule has 0 radical (unpaired) electrons. The lowest BCUT2D eigenvalue weighted by Crippen LogP contribution is -2.30. The fourth-order valence-electron chi connectivity index (χ4n) is 4.75. The van der Waals surface area contributed by atoms with Gasteiger partial charge in [-0.2, -0.15) is 0 Å². The first kappa shape index (κ1) is 18.8. The quantitative estimate of drug-likeness (QED) is 0.412. The molecule has 3 aliphatic rings. The fraction of sp³-hybridized carbons (Fsp3) is 0.318. The first-order valence-electron chi connectivity index (χ1n) is 9.59. The summed E-state index contributed by atoms with van der Waals surface area (Å²) in [6.45, 7) is 3.09. The molecule has 0 aromatic heterocycles. The van der Waals surface area contributed by atoms with E-state index in [1.807, 2.05) is 0 Å². The van der Waals surface area contributed by atoms with E-state index < -0.39 is 53.5 Å². The number of esters is 1. The molecule has 30 heavy (non-hydrogen) atoms. The third kappa shape index (κ3) is 2.26. The highest BCUT2D eigenvalue weighted by Gasteiger charge is 2.49. The van der Waals surface area contributed by atoms with Crippen molar-refractivity contribution in [2.24, 2.45) is 0 Å². The lowest BCUT2D eigenvalue weighted by atomic mass is 9.76. The van der Waals surface area contributed by atoms with Crippen molar-refractivity contribution in [2.45, 2.75) is 44.7 Å². The van der Waals surface area contributed by atoms with Gasteiger partial charge in [0.1, 0.15) is 17.6 Å². The summed E-state index contributed by atoms with van der Waals surface area (Å²) in [6, 6.07) is 4.50. The van der Waals surface area contributed by atoms with Crippen LogP contribution < -0.4 is 0 Å². The van der Waals surface area contributed by atoms with Crippen molar-refractivity contribution in [3.63, 3.8) is 0 Å². The zero-order valence-electron chi connectivity index (χ0n) is 16.1. The lowest BCUT2D eigenvalue weighted by Gasteiger charge is -2.34. The maximum atomic E-state index is 13.4. The molecule has 8 heteroatoms. The van der Waals surface area contributed by atoms with Crippen LogP contribution in [0.1, 0.15) is 87.1 Å². The number of hydrogen-bond donors (Lipinski definition) is 3. The predicted molar refractivity (Wildman–Crippen MR) is 100 cm³/mol. The summed E-state index contributed by atoms with van der Waals surface area (Å²) >= 11 is 0. The van der Waals surface area contributed by atoms with Crippen LogP contribution in [0.15, 0.2) is 18.2 Å². The minimum absolute atomic E-state index is 0.00537. The number of aromatic hydroxyl groups is 2. The number of carbonyl (C=O) groups excluding carboxylic acids is 3. The average Bonchev–Trinajstić information content (AvgIpc) is 3.06. The van der Waals surface area contributed by atoms with Crippen LogP contribution in [-0.2, 0) is 14.3 Å². The molecule has 1 saturated heterocycles. The Morgan fingerprint density at radius 3 is 2.37 bits per heavy atom. The van der Waals surface area contributed by atoms with E-state index in [9.17, 15) is 29.7 Å². The second kappa shape index (κ2) is 6.13. The highest BCUT2D eigenvalue weighted by Crippen LogP contribution is 2.54. The van der Waals surface area contributed by atoms with Crippen LogP contribution >= 0.6 is 0 Å². The van der Waals surface area contributed by atoms with Gasteiger partial charge < -0.3 is 24.8 Å². The second-order valence-electron chi connectivity index (χ2n) is 7.81. The van der Waals surface area contributed by atoms with Gasteiger partial charge in [-0.1, -0.05) is 18.2 Å². The van der Waals surface area contributed by atoms with E-state index in [1.165, 1.54) is 25.1 Å². The van der Waals surface area contributed by atoms with E-state index in [4.69, 9.17) is 9.47 Å². The van der Waals surface area contributed by atoms with Gasteiger partial charge in [0, 0.05) is 22.3 Å². The monoisotopic (exact) mass is 410 g/mol. The van der Waals surface area contributed by atoms with Crippen molar-refractivity contribution in [2.75, 3.05) is 0 Å². The number of benzene rings is 2. The molecule has 8 nitrogen and oxygen atoms in total. The maximum Gasteiger partial charge on any atom is 0.309 e. The molecule has 4 atom stereocenters. The van der Waals surface area contributed by atoms with Crippen LogP contribution in [0.2, 0.25) is 0 Å². The molecule has 154 valence electrons. The average molecular weight is 410 g/mol. The Morgan fingerprint density at radius 1 is 1.00 bits per heavy atom. The minimum atomic E-state index is -1.02. The van der Waals surface area contributed by atoms with Crippen LogP contribution in [0.3, 0.4) is 0 Å². The molecular weight excluding hydrogens is 392 g/mol. The molecule has 1 aliphatic carbocycles. The number of phenols is 2. The zero-order chi connectivity index (χ0) is 21.5. The van der Waals surface area contributed by atoms with Crippen molar-refractivity contribution < 1.29 is 39.2 Å². The molecule has 1 unspecified atom stereocenters. The highest BCUT2D eigenvalue weighted by atomic mass is 16.6. The van der Waals surface area contributed by atoms with Crippen molar-refractivity contribution >= 4 is 17.5 Å². The van der Waals surface area contributed by atoms with E-state index in [0.717, 1.165) is 0 Å². The first-order valence-corrected chi connectivity index (χ1v) is 9.59. The van der Waals surface area contributed by atoms with Crippen LogP contribution in [0, 0.1) is 0 Å². The van der Waals surface area contributed by atoms with E-state index in [1.54, 1.807) is 6.92 Å². The Kier molecular flexibility index (Phi) is 3.84. The van der Waals surface area contributed by atoms with Gasteiger partial charge in [0.2, 0.25) is 0 Å². The van der Waals surface area contributed by atoms with Crippen molar-refractivity contribution in [1.29, 1.82) is 0 Å². The van der Waals surface area contributed by atoms with E-state index in [0.29, 0.717) is 0 Å². The summed E-state index contributed by atoms with van der Waals surface area (Å²) in [6.07, 6.45) is -3.42. The van der Waals surface area contributed by atoms with Gasteiger partial charge in [0.25, 0.3) is 0 Å². The van der Waals surface area contributed by atoms with Gasteiger partial charge in [0.05, 0.1) is 29.8 Å². The van der Waals surface area contributed by atoms with Crippen LogP contribution in [0.25, 0.3) is 0 Å². The molecule has 2 aliphatic heterocycles. The van der Waals surface area contributed by atoms with Gasteiger partial charge >= 0.3 is 5.97 Å². The molecule has 2 aromatic carbocycles. The summed E-state index contributed by atoms with van der Waals surface area (Å²) < 4.78 is 11.1. The van der Waals surface area contributed by atoms with E-state index >= 15 is 0 Å². The Morgan fingerprint density at radius 2 is 1.67 bits per heavy atom. The molecule has 3 N–H and O–H groups in total. The van der Waals surface area contributed by atoms with Crippen molar-refractivity contribution in [3.8, 4) is 11.5 Å². The van der Waals surface area contributed by atoms with E-state index in [2.05, 4.69) is 0 Å². The first-order chi connectivity index (χ1) is 14.2. The molecule has 1 fully saturated rings. The summed E-state index contributed by atoms with van der Waals surface area (Å²) in [4.78, 5) is 38.4. The molecule has 0 bridgehead atoms. The summed E-state index contributed by atoms with van der Waals surface area (Å²) in [5, 5.41) is 32.2. The molecular formula is C22H18O8. The van der Waals surface area contributed by atoms with Gasteiger partial charge in [-0.25, -0.2) is 0 Å². The third-order valence-electron chi connectivity index (χ3n) is 6.03. The van der Waals surface area contributed by atoms with Gasteiger partial charge in [-0.3, -0.25) is 14.4 Å². The number of rotatable bonds is 1. The number of hydrogen-bond acceptors (Lipinski definition) is 8. The highest BCUT2D eigenvalue weighted by molar-refractivity contribution is 6.31. The molecule has 0 amide bonds. The topological polar surface area (TPSA) is 130 Å². The van der Waals surface area contributed by atoms with E-state index in [-0.39, 0.29) is 45.4 Å². The summed E-state index contributed by atoms with van der Waals surface area (Å²) in [7, 11) is 0. The lowest BCUT2D eigenvalue weighted by molar-refractivity contribution is -0.143. The Balaban J connectivity index is 1.82. The number of phenolic OH excluding ortho intramolecular Hbond substituents is 2. The third-order valence-corrected chi connectivity index (χ3v) is 6.03. The Labute approximate surface area is 170 Å². The molecule has 2 aromatic rings. The maximum absolute atomic E-state index is 13.4. The smallest absolute Gasteiger partial charge is 0.309 e. The standard InChI is InChI=1S/C22H18O8/c1-7(23)9-4-3-5-10-14(9)20(27)16-15(18(10)25)21(28)17-13(19(16)26)8(2)29-11-6-12(24)30-22(11)17/h3-5,7-8,11,22-23,26,28H,6H2,1-2H3/t7?,8-,11-,22+/m0/s1. The summed E-state index contributed by atoms with van der Waals surface area (Å²) in [5.41, 5.74) is -0.187. The Hall–Kier alpha value is -3.23. The largest absolute Gasteiger partial charge is 0.507 e. The normalized spacial score (nSPS) is 25.2. The fourth-order valence-corrected chi connectivity index (χ4v) is 4.75. The predicted octanol–water partition coefficient (Wildman–Crippen LogP) is 2.37. The summed E-state index contributed by atoms with van der Waals surface area (Å²) in [5.74, 6) is -2.83. The number of ketones is 2. The minimum Gasteiger partial charge on any atom is -0.507 e. The number of carbonyl (C=O) groups is 3. The van der Waals surface area contributed by atoms with Gasteiger partial charge in [0.15, 0.2) is 17.7 Å². The number of aliphatic hydroxyl groups excluding tert-OH is 1. The number of fused-ring (bicyclic) bond motifs is 5. The molecule has 2 heterocycles. The number of aliphatic hydroxyl groups is 1. The van der Waals surface area contributed by atoms with Crippen LogP contribution in [0.4, 0.5) is 0 Å². The van der Waals surface area contributed by atoms with Gasteiger partial charge in [-0.05, 0) is 19.4 Å². The molecule has 0 spiro atoms. The van der Waals surface area contributed by atoms with Crippen molar-refractivity contribution in [3.05, 3.63) is 57.1 Å². The van der Waals surface area contributed by atoms with Crippen LogP contribution in [-0.4, -0.2) is 39.0 Å². The SMILES string of the molecule is CC(O)c1cccc2c1C(=O)c1c(O)c3c(c(O)c1C2=O)[C@@H]1OC(=O)C[C@@H]1O[C@H]3C. The molecule has 0 saturated carbocycles.